The monoisotopic (exact) mass is 319 g/mol. The minimum atomic E-state index is -3.63. The number of sulfonamides is 1. The number of fused-ring (bicyclic) bond motifs is 1. The van der Waals surface area contributed by atoms with Crippen LogP contribution >= 0.6 is 11.5 Å². The van der Waals surface area contributed by atoms with Gasteiger partial charge in [0, 0.05) is 11.9 Å². The maximum Gasteiger partial charge on any atom is 0.238 e. The van der Waals surface area contributed by atoms with Crippen LogP contribution in [-0.2, 0) is 16.6 Å². The molecule has 0 aliphatic heterocycles. The third-order valence-corrected chi connectivity index (χ3v) is 4.85. The highest BCUT2D eigenvalue weighted by atomic mass is 32.2. The van der Waals surface area contributed by atoms with Crippen LogP contribution in [0.4, 0.5) is 5.00 Å². The van der Waals surface area contributed by atoms with Crippen molar-refractivity contribution in [2.75, 3.05) is 5.32 Å². The molecule has 0 fully saturated rings. The molecule has 0 bridgehead atoms. The Morgan fingerprint density at radius 1 is 1.10 bits per heavy atom. The first kappa shape index (κ1) is 14.0. The molecule has 5 nitrogen and oxygen atoms in total. The van der Waals surface area contributed by atoms with Gasteiger partial charge >= 0.3 is 0 Å². The van der Waals surface area contributed by atoms with E-state index in [9.17, 15) is 8.42 Å². The number of hydrogen-bond donors (Lipinski definition) is 2. The molecular formula is C14H13N3O2S2. The van der Waals surface area contributed by atoms with Crippen molar-refractivity contribution in [1.29, 1.82) is 0 Å². The number of primary sulfonamides is 1. The van der Waals surface area contributed by atoms with Gasteiger partial charge in [-0.25, -0.2) is 13.6 Å². The van der Waals surface area contributed by atoms with Crippen molar-refractivity contribution in [3.8, 4) is 0 Å². The molecule has 1 aromatic heterocycles. The van der Waals surface area contributed by atoms with E-state index >= 15 is 0 Å². The van der Waals surface area contributed by atoms with Gasteiger partial charge in [-0.1, -0.05) is 24.3 Å². The molecule has 0 atom stereocenters. The molecule has 21 heavy (non-hydrogen) atoms. The van der Waals surface area contributed by atoms with Crippen molar-refractivity contribution < 1.29 is 8.42 Å². The summed E-state index contributed by atoms with van der Waals surface area (Å²) in [5.74, 6) is 0. The summed E-state index contributed by atoms with van der Waals surface area (Å²) in [4.78, 5) is 0.120. The molecule has 3 N–H and O–H groups in total. The predicted octanol–water partition coefficient (Wildman–Crippen LogP) is 2.56. The van der Waals surface area contributed by atoms with Crippen LogP contribution in [0.3, 0.4) is 0 Å². The number of benzene rings is 2. The van der Waals surface area contributed by atoms with Gasteiger partial charge in [0.05, 0.1) is 10.4 Å². The van der Waals surface area contributed by atoms with Crippen molar-refractivity contribution in [3.63, 3.8) is 0 Å². The predicted molar refractivity (Wildman–Crippen MR) is 84.8 cm³/mol. The molecular weight excluding hydrogens is 306 g/mol. The molecule has 0 radical (unpaired) electrons. The number of nitrogens with zero attached hydrogens (tertiary/aromatic N) is 1. The number of hydrogen-bond acceptors (Lipinski definition) is 5. The lowest BCUT2D eigenvalue weighted by Gasteiger charge is -2.05. The number of anilines is 1. The fourth-order valence-electron chi connectivity index (χ4n) is 2.00. The summed E-state index contributed by atoms with van der Waals surface area (Å²) in [5.41, 5.74) is 1.94. The van der Waals surface area contributed by atoms with E-state index in [4.69, 9.17) is 5.14 Å². The van der Waals surface area contributed by atoms with Crippen molar-refractivity contribution in [2.45, 2.75) is 11.4 Å². The second kappa shape index (κ2) is 5.44. The van der Waals surface area contributed by atoms with Gasteiger partial charge in [-0.05, 0) is 41.4 Å². The number of nitrogens with two attached hydrogens (primary N) is 1. The molecule has 0 spiro atoms. The highest BCUT2D eigenvalue weighted by Gasteiger charge is 2.07. The number of aromatic nitrogens is 1. The molecule has 1 heterocycles. The second-order valence-corrected chi connectivity index (χ2v) is 6.91. The normalized spacial score (nSPS) is 11.7. The van der Waals surface area contributed by atoms with Crippen LogP contribution in [0.1, 0.15) is 5.56 Å². The van der Waals surface area contributed by atoms with Gasteiger partial charge in [0.2, 0.25) is 10.0 Å². The molecule has 0 unspecified atom stereocenters. The fourth-order valence-corrected chi connectivity index (χ4v) is 3.27. The zero-order valence-corrected chi connectivity index (χ0v) is 12.6. The molecule has 3 aromatic rings. The van der Waals surface area contributed by atoms with Gasteiger partial charge in [0.15, 0.2) is 0 Å². The average molecular weight is 319 g/mol. The molecule has 2 aromatic carbocycles. The summed E-state index contributed by atoms with van der Waals surface area (Å²) in [6, 6.07) is 14.4. The summed E-state index contributed by atoms with van der Waals surface area (Å²) in [5, 5.41) is 10.5. The Bertz CT molecular complexity index is 871. The first-order valence-corrected chi connectivity index (χ1v) is 8.56. The Morgan fingerprint density at radius 2 is 1.81 bits per heavy atom. The third-order valence-electron chi connectivity index (χ3n) is 3.09. The molecule has 0 amide bonds. The Kier molecular flexibility index (Phi) is 3.62. The van der Waals surface area contributed by atoms with E-state index in [2.05, 4.69) is 9.69 Å². The average Bonchev–Trinajstić information content (AvgIpc) is 2.88. The summed E-state index contributed by atoms with van der Waals surface area (Å²) in [6.07, 6.45) is 0. The Labute approximate surface area is 126 Å². The zero-order valence-electron chi connectivity index (χ0n) is 11.0. The van der Waals surface area contributed by atoms with E-state index in [1.807, 2.05) is 24.3 Å². The highest BCUT2D eigenvalue weighted by Crippen LogP contribution is 2.27. The second-order valence-electron chi connectivity index (χ2n) is 4.57. The number of nitrogens with one attached hydrogen (secondary N) is 1. The lowest BCUT2D eigenvalue weighted by Crippen LogP contribution is -2.12. The van der Waals surface area contributed by atoms with Crippen LogP contribution in [0, 0.1) is 0 Å². The Morgan fingerprint density at radius 3 is 2.52 bits per heavy atom. The molecule has 0 aliphatic carbocycles. The first-order valence-electron chi connectivity index (χ1n) is 6.24. The van der Waals surface area contributed by atoms with Crippen LogP contribution in [0.15, 0.2) is 53.4 Å². The quantitative estimate of drug-likeness (QED) is 0.774. The van der Waals surface area contributed by atoms with Gasteiger partial charge in [0.25, 0.3) is 0 Å². The zero-order chi connectivity index (χ0) is 14.9. The minimum absolute atomic E-state index is 0.120. The van der Waals surface area contributed by atoms with Crippen LogP contribution in [0.5, 0.6) is 0 Å². The summed E-state index contributed by atoms with van der Waals surface area (Å²) in [7, 11) is -3.63. The topological polar surface area (TPSA) is 85.1 Å². The van der Waals surface area contributed by atoms with E-state index in [1.165, 1.54) is 23.7 Å². The summed E-state index contributed by atoms with van der Waals surface area (Å²) >= 11 is 1.41. The first-order chi connectivity index (χ1) is 10.0. The molecule has 0 saturated carbocycles. The van der Waals surface area contributed by atoms with E-state index in [0.717, 1.165) is 21.5 Å². The Balaban J connectivity index is 1.76. The summed E-state index contributed by atoms with van der Waals surface area (Å²) in [6.45, 7) is 0.594. The largest absolute Gasteiger partial charge is 0.371 e. The van der Waals surface area contributed by atoms with Crippen molar-refractivity contribution >= 4 is 37.5 Å². The third kappa shape index (κ3) is 3.05. The minimum Gasteiger partial charge on any atom is -0.371 e. The van der Waals surface area contributed by atoms with E-state index in [1.54, 1.807) is 12.1 Å². The van der Waals surface area contributed by atoms with Crippen LogP contribution in [0.2, 0.25) is 0 Å². The lowest BCUT2D eigenvalue weighted by atomic mass is 10.2. The van der Waals surface area contributed by atoms with Crippen LogP contribution in [-0.4, -0.2) is 12.8 Å². The maximum absolute atomic E-state index is 11.2. The van der Waals surface area contributed by atoms with Gasteiger partial charge in [-0.2, -0.15) is 4.37 Å². The van der Waals surface area contributed by atoms with Crippen LogP contribution in [0.25, 0.3) is 10.9 Å². The van der Waals surface area contributed by atoms with Gasteiger partial charge in [0.1, 0.15) is 5.00 Å². The molecule has 3 rings (SSSR count). The highest BCUT2D eigenvalue weighted by molar-refractivity contribution is 7.89. The van der Waals surface area contributed by atoms with E-state index in [-0.39, 0.29) is 4.90 Å². The van der Waals surface area contributed by atoms with Gasteiger partial charge in [-0.15, -0.1) is 0 Å². The van der Waals surface area contributed by atoms with Gasteiger partial charge in [-0.3, -0.25) is 0 Å². The van der Waals surface area contributed by atoms with Crippen molar-refractivity contribution in [1.82, 2.24) is 4.37 Å². The maximum atomic E-state index is 11.2. The Hall–Kier alpha value is -1.96. The fraction of sp³-hybridized carbons (Fsp3) is 0.0714. The molecule has 0 aliphatic rings. The SMILES string of the molecule is NS(=O)(=O)c1ccc(CNc2snc3ccccc23)cc1. The van der Waals surface area contributed by atoms with Crippen LogP contribution < -0.4 is 10.5 Å². The van der Waals surface area contributed by atoms with Crippen molar-refractivity contribution in [2.24, 2.45) is 5.14 Å². The molecule has 108 valence electrons. The molecule has 7 heteroatoms. The number of rotatable bonds is 4. The van der Waals surface area contributed by atoms with E-state index in [0.29, 0.717) is 6.54 Å². The standard InChI is InChI=1S/C14H13N3O2S2/c15-21(18,19)11-7-5-10(6-8-11)9-16-14-12-3-1-2-4-13(12)17-20-14/h1-8,16H,9H2,(H2,15,18,19). The molecule has 0 saturated heterocycles. The summed E-state index contributed by atoms with van der Waals surface area (Å²) < 4.78 is 26.7. The lowest BCUT2D eigenvalue weighted by molar-refractivity contribution is 0.598. The van der Waals surface area contributed by atoms with Gasteiger partial charge < -0.3 is 5.32 Å². The van der Waals surface area contributed by atoms with Crippen molar-refractivity contribution in [3.05, 3.63) is 54.1 Å². The smallest absolute Gasteiger partial charge is 0.238 e. The van der Waals surface area contributed by atoms with E-state index < -0.39 is 10.0 Å².